The lowest BCUT2D eigenvalue weighted by Gasteiger charge is -2.24. The molecule has 7 heteroatoms. The number of nitrogens with zero attached hydrogens (tertiary/aromatic N) is 4. The second-order valence-corrected chi connectivity index (χ2v) is 6.53. The molecular formula is C16H25N5O2. The molecule has 1 N–H and O–H groups in total. The summed E-state index contributed by atoms with van der Waals surface area (Å²) >= 11 is 0. The van der Waals surface area contributed by atoms with Crippen LogP contribution in [0.4, 0.5) is 4.79 Å². The van der Waals surface area contributed by atoms with Crippen molar-refractivity contribution >= 4 is 11.9 Å². The van der Waals surface area contributed by atoms with Gasteiger partial charge in [0, 0.05) is 51.7 Å². The Morgan fingerprint density at radius 1 is 1.35 bits per heavy atom. The molecule has 126 valence electrons. The number of carbonyl (C=O) groups is 2. The van der Waals surface area contributed by atoms with Crippen LogP contribution in [-0.4, -0.2) is 64.9 Å². The molecule has 2 heterocycles. The summed E-state index contributed by atoms with van der Waals surface area (Å²) in [5.74, 6) is 0.666. The molecule has 1 aliphatic heterocycles. The molecule has 7 nitrogen and oxygen atoms in total. The summed E-state index contributed by atoms with van der Waals surface area (Å²) in [6.07, 6.45) is 5.03. The van der Waals surface area contributed by atoms with Crippen molar-refractivity contribution in [2.24, 2.45) is 11.8 Å². The van der Waals surface area contributed by atoms with E-state index in [9.17, 15) is 9.59 Å². The van der Waals surface area contributed by atoms with Crippen molar-refractivity contribution in [3.8, 4) is 0 Å². The van der Waals surface area contributed by atoms with Crippen molar-refractivity contribution in [1.82, 2.24) is 25.1 Å². The van der Waals surface area contributed by atoms with Gasteiger partial charge < -0.3 is 15.1 Å². The average Bonchev–Trinajstić information content (AvgIpc) is 2.92. The SMILES string of the molecule is CC(C)C1CN(C(=O)Cc2cnccn2)CC1NC(=O)N(C)C. The van der Waals surface area contributed by atoms with Crippen molar-refractivity contribution < 1.29 is 9.59 Å². The minimum atomic E-state index is -0.121. The Bertz CT molecular complexity index is 547. The molecule has 1 saturated heterocycles. The third-order valence-corrected chi connectivity index (χ3v) is 4.24. The number of hydrogen-bond donors (Lipinski definition) is 1. The van der Waals surface area contributed by atoms with E-state index in [0.717, 1.165) is 0 Å². The van der Waals surface area contributed by atoms with Crippen LogP contribution < -0.4 is 5.32 Å². The van der Waals surface area contributed by atoms with Gasteiger partial charge in [-0.2, -0.15) is 0 Å². The number of urea groups is 1. The molecule has 2 unspecified atom stereocenters. The quantitative estimate of drug-likeness (QED) is 0.889. The third kappa shape index (κ3) is 4.40. The maximum absolute atomic E-state index is 12.5. The molecule has 0 radical (unpaired) electrons. The van der Waals surface area contributed by atoms with E-state index < -0.39 is 0 Å². The molecule has 0 aliphatic carbocycles. The minimum Gasteiger partial charge on any atom is -0.340 e. The van der Waals surface area contributed by atoms with Crippen molar-refractivity contribution in [3.63, 3.8) is 0 Å². The van der Waals surface area contributed by atoms with Crippen LogP contribution in [0.3, 0.4) is 0 Å². The van der Waals surface area contributed by atoms with Gasteiger partial charge >= 0.3 is 6.03 Å². The first-order chi connectivity index (χ1) is 10.9. The average molecular weight is 319 g/mol. The van der Waals surface area contributed by atoms with Gasteiger partial charge in [-0.1, -0.05) is 13.8 Å². The van der Waals surface area contributed by atoms with E-state index in [-0.39, 0.29) is 30.3 Å². The van der Waals surface area contributed by atoms with Crippen LogP contribution in [0.15, 0.2) is 18.6 Å². The van der Waals surface area contributed by atoms with Gasteiger partial charge in [-0.15, -0.1) is 0 Å². The fourth-order valence-electron chi connectivity index (χ4n) is 2.84. The summed E-state index contributed by atoms with van der Waals surface area (Å²) < 4.78 is 0. The minimum absolute atomic E-state index is 0.0179. The fourth-order valence-corrected chi connectivity index (χ4v) is 2.84. The van der Waals surface area contributed by atoms with E-state index in [0.29, 0.717) is 24.7 Å². The Labute approximate surface area is 137 Å². The summed E-state index contributed by atoms with van der Waals surface area (Å²) in [5.41, 5.74) is 0.666. The van der Waals surface area contributed by atoms with Gasteiger partial charge in [0.05, 0.1) is 18.2 Å². The van der Waals surface area contributed by atoms with Crippen LogP contribution in [0.5, 0.6) is 0 Å². The largest absolute Gasteiger partial charge is 0.340 e. The van der Waals surface area contributed by atoms with Crippen LogP contribution in [-0.2, 0) is 11.2 Å². The van der Waals surface area contributed by atoms with E-state index >= 15 is 0 Å². The molecule has 1 fully saturated rings. The lowest BCUT2D eigenvalue weighted by molar-refractivity contribution is -0.129. The predicted molar refractivity (Wildman–Crippen MR) is 86.7 cm³/mol. The van der Waals surface area contributed by atoms with Gasteiger partial charge in [-0.05, 0) is 5.92 Å². The van der Waals surface area contributed by atoms with Gasteiger partial charge in [-0.25, -0.2) is 4.79 Å². The van der Waals surface area contributed by atoms with E-state index in [4.69, 9.17) is 0 Å². The summed E-state index contributed by atoms with van der Waals surface area (Å²) in [7, 11) is 3.43. The Morgan fingerprint density at radius 2 is 2.09 bits per heavy atom. The zero-order valence-electron chi connectivity index (χ0n) is 14.2. The van der Waals surface area contributed by atoms with Crippen LogP contribution in [0.2, 0.25) is 0 Å². The highest BCUT2D eigenvalue weighted by Crippen LogP contribution is 2.25. The van der Waals surface area contributed by atoms with Crippen molar-refractivity contribution in [2.45, 2.75) is 26.3 Å². The van der Waals surface area contributed by atoms with Gasteiger partial charge in [0.2, 0.25) is 5.91 Å². The molecule has 0 bridgehead atoms. The monoisotopic (exact) mass is 319 g/mol. The molecule has 3 amide bonds. The van der Waals surface area contributed by atoms with E-state index in [1.807, 2.05) is 4.90 Å². The first kappa shape index (κ1) is 17.2. The highest BCUT2D eigenvalue weighted by atomic mass is 16.2. The molecule has 2 rings (SSSR count). The lowest BCUT2D eigenvalue weighted by atomic mass is 9.91. The molecule has 1 aromatic rings. The summed E-state index contributed by atoms with van der Waals surface area (Å²) in [6.45, 7) is 5.45. The molecule has 0 spiro atoms. The van der Waals surface area contributed by atoms with Crippen molar-refractivity contribution in [3.05, 3.63) is 24.3 Å². The molecule has 1 aromatic heterocycles. The highest BCUT2D eigenvalue weighted by molar-refractivity contribution is 5.79. The van der Waals surface area contributed by atoms with E-state index in [2.05, 4.69) is 29.1 Å². The molecule has 1 aliphatic rings. The zero-order valence-corrected chi connectivity index (χ0v) is 14.2. The summed E-state index contributed by atoms with van der Waals surface area (Å²) in [6, 6.07) is -0.139. The third-order valence-electron chi connectivity index (χ3n) is 4.24. The van der Waals surface area contributed by atoms with Gasteiger partial charge in [0.1, 0.15) is 0 Å². The fraction of sp³-hybridized carbons (Fsp3) is 0.625. The van der Waals surface area contributed by atoms with Crippen molar-refractivity contribution in [1.29, 1.82) is 0 Å². The second kappa shape index (κ2) is 7.39. The Kier molecular flexibility index (Phi) is 5.52. The standard InChI is InChI=1S/C16H25N5O2/c1-11(2)13-9-21(10-14(13)19-16(23)20(3)4)15(22)7-12-8-17-5-6-18-12/h5-6,8,11,13-14H,7,9-10H2,1-4H3,(H,19,23). The molecular weight excluding hydrogens is 294 g/mol. The van der Waals surface area contributed by atoms with Crippen molar-refractivity contribution in [2.75, 3.05) is 27.2 Å². The molecule has 0 saturated carbocycles. The van der Waals surface area contributed by atoms with Gasteiger partial charge in [0.15, 0.2) is 0 Å². The summed E-state index contributed by atoms with van der Waals surface area (Å²) in [5, 5.41) is 3.02. The number of hydrogen-bond acceptors (Lipinski definition) is 4. The Morgan fingerprint density at radius 3 is 2.65 bits per heavy atom. The number of carbonyl (C=O) groups excluding carboxylic acids is 2. The molecule has 23 heavy (non-hydrogen) atoms. The smallest absolute Gasteiger partial charge is 0.317 e. The number of amides is 3. The van der Waals surface area contributed by atoms with E-state index in [1.54, 1.807) is 32.7 Å². The molecule has 0 aromatic carbocycles. The molecule has 2 atom stereocenters. The normalized spacial score (nSPS) is 20.7. The van der Waals surface area contributed by atoms with Crippen LogP contribution in [0.1, 0.15) is 19.5 Å². The van der Waals surface area contributed by atoms with Gasteiger partial charge in [0.25, 0.3) is 0 Å². The number of rotatable bonds is 4. The summed E-state index contributed by atoms with van der Waals surface area (Å²) in [4.78, 5) is 35.9. The van der Waals surface area contributed by atoms with Crippen LogP contribution in [0.25, 0.3) is 0 Å². The van der Waals surface area contributed by atoms with Crippen LogP contribution >= 0.6 is 0 Å². The maximum atomic E-state index is 12.5. The maximum Gasteiger partial charge on any atom is 0.317 e. The zero-order chi connectivity index (χ0) is 17.0. The number of aromatic nitrogens is 2. The Hall–Kier alpha value is -2.18. The Balaban J connectivity index is 2.01. The highest BCUT2D eigenvalue weighted by Gasteiger charge is 2.37. The first-order valence-corrected chi connectivity index (χ1v) is 7.89. The number of likely N-dealkylation sites (tertiary alicyclic amines) is 1. The first-order valence-electron chi connectivity index (χ1n) is 7.89. The van der Waals surface area contributed by atoms with E-state index in [1.165, 1.54) is 4.90 Å². The lowest BCUT2D eigenvalue weighted by Crippen LogP contribution is -2.46. The second-order valence-electron chi connectivity index (χ2n) is 6.53. The number of nitrogens with one attached hydrogen (secondary N) is 1. The van der Waals surface area contributed by atoms with Gasteiger partial charge in [-0.3, -0.25) is 14.8 Å². The topological polar surface area (TPSA) is 78.4 Å². The van der Waals surface area contributed by atoms with Crippen LogP contribution in [0, 0.1) is 11.8 Å². The predicted octanol–water partition coefficient (Wildman–Crippen LogP) is 0.773.